The van der Waals surface area contributed by atoms with Crippen molar-refractivity contribution in [3.63, 3.8) is 0 Å². The van der Waals surface area contributed by atoms with E-state index in [1.165, 1.54) is 29.2 Å². The summed E-state index contributed by atoms with van der Waals surface area (Å²) in [4.78, 5) is 19.7. The second-order valence-electron chi connectivity index (χ2n) is 11.7. The molecule has 1 aromatic heterocycles. The number of oxazole rings is 1. The Kier molecular flexibility index (Phi) is 7.32. The number of hydrogen-bond donors (Lipinski definition) is 2. The van der Waals surface area contributed by atoms with Crippen LogP contribution in [-0.4, -0.2) is 30.2 Å². The second kappa shape index (κ2) is 10.8. The summed E-state index contributed by atoms with van der Waals surface area (Å²) in [5, 5.41) is 14.1. The number of phenols is 1. The number of halogens is 2. The van der Waals surface area contributed by atoms with Crippen LogP contribution in [0, 0.1) is 25.1 Å². The summed E-state index contributed by atoms with van der Waals surface area (Å²) in [6.45, 7) is 6.80. The van der Waals surface area contributed by atoms with Gasteiger partial charge in [0.25, 0.3) is 5.91 Å². The lowest BCUT2D eigenvalue weighted by Gasteiger charge is -2.37. The topological polar surface area (TPSA) is 122 Å². The molecule has 3 heterocycles. The zero-order valence-corrected chi connectivity index (χ0v) is 26.7. The van der Waals surface area contributed by atoms with Crippen molar-refractivity contribution in [1.29, 1.82) is 0 Å². The second-order valence-corrected chi connectivity index (χ2v) is 14.5. The van der Waals surface area contributed by atoms with E-state index in [4.69, 9.17) is 9.15 Å². The van der Waals surface area contributed by atoms with Gasteiger partial charge in [0.1, 0.15) is 40.6 Å². The number of aromatic hydroxyl groups is 1. The molecule has 2 aliphatic heterocycles. The maximum Gasteiger partial charge on any atom is 0.281 e. The minimum atomic E-state index is -4.08. The van der Waals surface area contributed by atoms with Crippen molar-refractivity contribution in [3.05, 3.63) is 104 Å². The van der Waals surface area contributed by atoms with Crippen LogP contribution in [-0.2, 0) is 9.84 Å². The molecule has 6 rings (SSSR count). The molecular formula is C32H29BrFN3O6S. The summed E-state index contributed by atoms with van der Waals surface area (Å²) >= 11 is 3.42. The first-order valence-electron chi connectivity index (χ1n) is 13.8. The lowest BCUT2D eigenvalue weighted by atomic mass is 9.88. The highest BCUT2D eigenvalue weighted by Crippen LogP contribution is 2.52. The molecule has 1 unspecified atom stereocenters. The fourth-order valence-electron chi connectivity index (χ4n) is 5.90. The fraction of sp³-hybridized carbons (Fsp3) is 0.250. The first-order chi connectivity index (χ1) is 20.8. The Morgan fingerprint density at radius 2 is 1.91 bits per heavy atom. The van der Waals surface area contributed by atoms with Gasteiger partial charge in [-0.1, -0.05) is 32.0 Å². The third-order valence-electron chi connectivity index (χ3n) is 7.59. The Morgan fingerprint density at radius 3 is 2.59 bits per heavy atom. The maximum atomic E-state index is 16.4. The number of ether oxygens (including phenoxy) is 1. The molecule has 1 amide bonds. The Hall–Kier alpha value is -4.16. The molecule has 3 aromatic carbocycles. The molecule has 2 aliphatic rings. The van der Waals surface area contributed by atoms with Crippen molar-refractivity contribution >= 4 is 43.0 Å². The van der Waals surface area contributed by atoms with E-state index in [1.807, 2.05) is 19.9 Å². The van der Waals surface area contributed by atoms with Gasteiger partial charge in [0.15, 0.2) is 21.4 Å². The van der Waals surface area contributed by atoms with E-state index in [1.54, 1.807) is 38.1 Å². The highest BCUT2D eigenvalue weighted by molar-refractivity contribution is 9.10. The fourth-order valence-corrected chi connectivity index (χ4v) is 8.62. The summed E-state index contributed by atoms with van der Waals surface area (Å²) in [5.41, 5.74) is -0.285. The van der Waals surface area contributed by atoms with Crippen molar-refractivity contribution in [1.82, 2.24) is 4.98 Å². The Bertz CT molecular complexity index is 1970. The molecule has 9 nitrogen and oxygen atoms in total. The van der Waals surface area contributed by atoms with Crippen molar-refractivity contribution < 1.29 is 31.9 Å². The van der Waals surface area contributed by atoms with E-state index in [2.05, 4.69) is 26.2 Å². The number of hydrogen-bond acceptors (Lipinski definition) is 8. The summed E-state index contributed by atoms with van der Waals surface area (Å²) in [6, 6.07) is 14.3. The lowest BCUT2D eigenvalue weighted by Crippen LogP contribution is -2.41. The number of phenolic OH excluding ortho intramolecular Hbond substituents is 1. The van der Waals surface area contributed by atoms with E-state index in [-0.39, 0.29) is 68.6 Å². The maximum absolute atomic E-state index is 16.4. The molecule has 0 fully saturated rings. The van der Waals surface area contributed by atoms with E-state index in [0.29, 0.717) is 10.2 Å². The highest BCUT2D eigenvalue weighted by atomic mass is 79.9. The van der Waals surface area contributed by atoms with Crippen molar-refractivity contribution in [2.75, 3.05) is 16.0 Å². The van der Waals surface area contributed by atoms with Gasteiger partial charge < -0.3 is 19.6 Å². The molecule has 228 valence electrons. The van der Waals surface area contributed by atoms with E-state index in [0.717, 1.165) is 6.07 Å². The number of rotatable bonds is 4. The van der Waals surface area contributed by atoms with Crippen LogP contribution in [0.5, 0.6) is 17.2 Å². The zero-order valence-electron chi connectivity index (χ0n) is 24.3. The number of nitrogens with one attached hydrogen (secondary N) is 1. The summed E-state index contributed by atoms with van der Waals surface area (Å²) in [5.74, 6) is -0.874. The van der Waals surface area contributed by atoms with Crippen molar-refractivity contribution in [3.8, 4) is 17.2 Å². The standard InChI is InChI=1S/C32H29BrFN3O6S/c1-17-27(35-18(2)42-17)31(39)37-24-9-7-10-25(38)28(24)36-23-15-32(3,4)16-44(40,41)30(23)29(37)20-13-12-19(14-22(20)34)43-26-11-6-5-8-21(26)33/h5-14,29,36,38H,15-16H2,1-4H3. The smallest absolute Gasteiger partial charge is 0.281 e. The molecule has 0 saturated heterocycles. The normalized spacial score (nSPS) is 18.6. The molecule has 44 heavy (non-hydrogen) atoms. The van der Waals surface area contributed by atoms with Crippen LogP contribution < -0.4 is 15.0 Å². The quantitative estimate of drug-likeness (QED) is 0.212. The molecule has 0 radical (unpaired) electrons. The van der Waals surface area contributed by atoms with Crippen LogP contribution in [0.1, 0.15) is 54.0 Å². The Balaban J connectivity index is 1.61. The largest absolute Gasteiger partial charge is 0.506 e. The first-order valence-corrected chi connectivity index (χ1v) is 16.2. The number of carbonyl (C=O) groups is 1. The van der Waals surface area contributed by atoms with Gasteiger partial charge in [-0.2, -0.15) is 0 Å². The molecule has 1 atom stereocenters. The number of nitrogens with zero attached hydrogens (tertiary/aromatic N) is 2. The third kappa shape index (κ3) is 5.26. The average molecular weight is 683 g/mol. The van der Waals surface area contributed by atoms with Gasteiger partial charge in [-0.3, -0.25) is 9.69 Å². The Morgan fingerprint density at radius 1 is 1.16 bits per heavy atom. The van der Waals surface area contributed by atoms with Gasteiger partial charge in [-0.15, -0.1) is 0 Å². The number of sulfone groups is 1. The van der Waals surface area contributed by atoms with Crippen molar-refractivity contribution in [2.45, 2.75) is 40.2 Å². The first kappa shape index (κ1) is 29.9. The van der Waals surface area contributed by atoms with Gasteiger partial charge in [-0.05, 0) is 71.1 Å². The van der Waals surface area contributed by atoms with Gasteiger partial charge >= 0.3 is 0 Å². The monoisotopic (exact) mass is 681 g/mol. The van der Waals surface area contributed by atoms with Gasteiger partial charge in [0.2, 0.25) is 0 Å². The number of aryl methyl sites for hydroxylation is 2. The molecule has 0 saturated carbocycles. The van der Waals surface area contributed by atoms with Crippen LogP contribution in [0.2, 0.25) is 0 Å². The highest BCUT2D eigenvalue weighted by Gasteiger charge is 2.48. The molecule has 0 spiro atoms. The van der Waals surface area contributed by atoms with Crippen LogP contribution in [0.3, 0.4) is 0 Å². The molecule has 2 N–H and O–H groups in total. The Labute approximate surface area is 262 Å². The minimum absolute atomic E-state index is 0.0614. The molecular weight excluding hydrogens is 653 g/mol. The number of carbonyl (C=O) groups excluding carboxylic acids is 1. The summed E-state index contributed by atoms with van der Waals surface area (Å²) in [7, 11) is -4.08. The van der Waals surface area contributed by atoms with Gasteiger partial charge in [-0.25, -0.2) is 17.8 Å². The number of allylic oxidation sites excluding steroid dienone is 1. The van der Waals surface area contributed by atoms with Gasteiger partial charge in [0, 0.05) is 24.3 Å². The average Bonchev–Trinajstić information content (AvgIpc) is 3.19. The predicted octanol–water partition coefficient (Wildman–Crippen LogP) is 7.56. The number of anilines is 2. The third-order valence-corrected chi connectivity index (χ3v) is 10.5. The van der Waals surface area contributed by atoms with Crippen LogP contribution in [0.4, 0.5) is 15.8 Å². The number of amides is 1. The molecule has 0 bridgehead atoms. The number of para-hydroxylation sites is 2. The number of aromatic nitrogens is 1. The molecule has 4 aromatic rings. The number of fused-ring (bicyclic) bond motifs is 1. The number of benzene rings is 3. The van der Waals surface area contributed by atoms with E-state index < -0.39 is 33.0 Å². The lowest BCUT2D eigenvalue weighted by molar-refractivity contribution is 0.0974. The van der Waals surface area contributed by atoms with Gasteiger partial charge in [0.05, 0.1) is 20.8 Å². The van der Waals surface area contributed by atoms with E-state index >= 15 is 4.39 Å². The predicted molar refractivity (Wildman–Crippen MR) is 167 cm³/mol. The molecule has 12 heteroatoms. The van der Waals surface area contributed by atoms with Crippen LogP contribution >= 0.6 is 15.9 Å². The summed E-state index contributed by atoms with van der Waals surface area (Å²) in [6.07, 6.45) is 0.265. The summed E-state index contributed by atoms with van der Waals surface area (Å²) < 4.78 is 56.8. The SMILES string of the molecule is Cc1nc(C(=O)N2c3cccc(O)c3NC3=C(C2c2ccc(Oc4ccccc4Br)cc2F)S(=O)(=O)CC(C)(C)C3)c(C)o1. The van der Waals surface area contributed by atoms with Crippen LogP contribution in [0.15, 0.2) is 80.2 Å². The van der Waals surface area contributed by atoms with Crippen molar-refractivity contribution in [2.24, 2.45) is 5.41 Å². The minimum Gasteiger partial charge on any atom is -0.506 e. The zero-order chi connectivity index (χ0) is 31.6. The van der Waals surface area contributed by atoms with E-state index in [9.17, 15) is 18.3 Å². The van der Waals surface area contributed by atoms with Crippen LogP contribution in [0.25, 0.3) is 0 Å². The molecule has 0 aliphatic carbocycles.